The third-order valence-corrected chi connectivity index (χ3v) is 6.09. The van der Waals surface area contributed by atoms with E-state index in [-0.39, 0.29) is 0 Å². The van der Waals surface area contributed by atoms with Gasteiger partial charge in [-0.2, -0.15) is 0 Å². The molecule has 0 atom stereocenters. The summed E-state index contributed by atoms with van der Waals surface area (Å²) in [5, 5.41) is 1.66. The minimum Gasteiger partial charge on any atom is -0.0693 e. The van der Waals surface area contributed by atoms with Crippen molar-refractivity contribution < 1.29 is 0 Å². The summed E-state index contributed by atoms with van der Waals surface area (Å²) in [5.74, 6) is 0. The van der Waals surface area contributed by atoms with E-state index >= 15 is 0 Å². The highest BCUT2D eigenvalue weighted by molar-refractivity contribution is 6.89. The SMILES string of the molecule is C[Si](C)(C)Cc1ccccc1[Si](C)(C)C. The van der Waals surface area contributed by atoms with Crippen LogP contribution in [0.3, 0.4) is 0 Å². The molecule has 0 aliphatic rings. The first-order chi connectivity index (χ1) is 6.70. The topological polar surface area (TPSA) is 0 Å². The van der Waals surface area contributed by atoms with Gasteiger partial charge in [0, 0.05) is 8.07 Å². The van der Waals surface area contributed by atoms with Crippen molar-refractivity contribution in [2.24, 2.45) is 0 Å². The molecule has 0 heterocycles. The van der Waals surface area contributed by atoms with Crippen LogP contribution >= 0.6 is 0 Å². The fourth-order valence-corrected chi connectivity index (χ4v) is 5.34. The molecule has 15 heavy (non-hydrogen) atoms. The predicted octanol–water partition coefficient (Wildman–Crippen LogP) is 3.65. The molecule has 0 aliphatic carbocycles. The summed E-state index contributed by atoms with van der Waals surface area (Å²) in [6.07, 6.45) is 0. The summed E-state index contributed by atoms with van der Waals surface area (Å²) in [4.78, 5) is 0. The fourth-order valence-electron chi connectivity index (χ4n) is 1.98. The van der Waals surface area contributed by atoms with Crippen LogP contribution in [0.4, 0.5) is 0 Å². The van der Waals surface area contributed by atoms with E-state index in [2.05, 4.69) is 63.5 Å². The van der Waals surface area contributed by atoms with Gasteiger partial charge in [-0.05, 0) is 6.04 Å². The lowest BCUT2D eigenvalue weighted by Crippen LogP contribution is -2.42. The number of hydrogen-bond donors (Lipinski definition) is 0. The molecule has 84 valence electrons. The second kappa shape index (κ2) is 4.26. The van der Waals surface area contributed by atoms with E-state index in [0.717, 1.165) is 0 Å². The summed E-state index contributed by atoms with van der Waals surface area (Å²) < 4.78 is 0. The summed E-state index contributed by atoms with van der Waals surface area (Å²) in [7, 11) is -2.14. The maximum absolute atomic E-state index is 2.45. The molecule has 1 rings (SSSR count). The highest BCUT2D eigenvalue weighted by atomic mass is 28.3. The van der Waals surface area contributed by atoms with Crippen LogP contribution < -0.4 is 5.19 Å². The number of rotatable bonds is 3. The van der Waals surface area contributed by atoms with Crippen molar-refractivity contribution in [1.82, 2.24) is 0 Å². The molecule has 0 radical (unpaired) electrons. The Balaban J connectivity index is 3.08. The molecule has 0 aliphatic heterocycles. The van der Waals surface area contributed by atoms with Gasteiger partial charge in [-0.15, -0.1) is 0 Å². The van der Waals surface area contributed by atoms with E-state index in [9.17, 15) is 0 Å². The van der Waals surface area contributed by atoms with E-state index in [1.807, 2.05) is 0 Å². The molecule has 2 heteroatoms. The number of hydrogen-bond acceptors (Lipinski definition) is 0. The normalized spacial score (nSPS) is 12.9. The van der Waals surface area contributed by atoms with Gasteiger partial charge in [0.1, 0.15) is 0 Å². The zero-order valence-corrected chi connectivity index (χ0v) is 13.0. The Morgan fingerprint density at radius 3 is 1.87 bits per heavy atom. The van der Waals surface area contributed by atoms with Crippen LogP contribution in [0, 0.1) is 0 Å². The van der Waals surface area contributed by atoms with Gasteiger partial charge in [-0.3, -0.25) is 0 Å². The van der Waals surface area contributed by atoms with Gasteiger partial charge in [0.05, 0.1) is 8.07 Å². The van der Waals surface area contributed by atoms with Crippen molar-refractivity contribution in [3.63, 3.8) is 0 Å². The summed E-state index contributed by atoms with van der Waals surface area (Å²) in [6, 6.07) is 10.4. The summed E-state index contributed by atoms with van der Waals surface area (Å²) in [6.45, 7) is 14.7. The lowest BCUT2D eigenvalue weighted by Gasteiger charge is -2.24. The van der Waals surface area contributed by atoms with E-state index in [1.54, 1.807) is 10.8 Å². The lowest BCUT2D eigenvalue weighted by molar-refractivity contribution is 1.32. The highest BCUT2D eigenvalue weighted by Gasteiger charge is 2.22. The molecule has 0 aromatic heterocycles. The molecule has 0 amide bonds. The van der Waals surface area contributed by atoms with Crippen LogP contribution in [0.1, 0.15) is 5.56 Å². The molecule has 0 nitrogen and oxygen atoms in total. The van der Waals surface area contributed by atoms with Crippen molar-refractivity contribution in [1.29, 1.82) is 0 Å². The van der Waals surface area contributed by atoms with Crippen molar-refractivity contribution in [3.05, 3.63) is 29.8 Å². The molecule has 0 bridgehead atoms. The maximum atomic E-state index is 2.45. The lowest BCUT2D eigenvalue weighted by atomic mass is 10.2. The van der Waals surface area contributed by atoms with Crippen molar-refractivity contribution in [2.75, 3.05) is 0 Å². The van der Waals surface area contributed by atoms with Gasteiger partial charge in [0.25, 0.3) is 0 Å². The Hall–Kier alpha value is -0.346. The Morgan fingerprint density at radius 2 is 1.40 bits per heavy atom. The molecule has 0 saturated carbocycles. The minimum atomic E-state index is -1.16. The standard InChI is InChI=1S/C13H24Si2/c1-14(2,3)11-12-9-7-8-10-13(12)15(4,5)6/h7-10H,11H2,1-6H3. The second-order valence-corrected chi connectivity index (χ2v) is 17.2. The highest BCUT2D eigenvalue weighted by Crippen LogP contribution is 2.13. The first-order valence-corrected chi connectivity index (χ1v) is 13.0. The van der Waals surface area contributed by atoms with Gasteiger partial charge < -0.3 is 0 Å². The number of benzene rings is 1. The largest absolute Gasteiger partial charge is 0.0779 e. The quantitative estimate of drug-likeness (QED) is 0.703. The van der Waals surface area contributed by atoms with Crippen LogP contribution in [0.5, 0.6) is 0 Å². The smallest absolute Gasteiger partial charge is 0.0693 e. The molecule has 0 saturated heterocycles. The maximum Gasteiger partial charge on any atom is 0.0779 e. The Labute approximate surface area is 96.7 Å². The van der Waals surface area contributed by atoms with Gasteiger partial charge in [0.15, 0.2) is 0 Å². The molecule has 0 N–H and O–H groups in total. The Kier molecular flexibility index (Phi) is 3.61. The van der Waals surface area contributed by atoms with Gasteiger partial charge >= 0.3 is 0 Å². The monoisotopic (exact) mass is 236 g/mol. The fraction of sp³-hybridized carbons (Fsp3) is 0.538. The minimum absolute atomic E-state index is 0.986. The first-order valence-electron chi connectivity index (χ1n) is 5.78. The summed E-state index contributed by atoms with van der Waals surface area (Å²) in [5.41, 5.74) is 1.62. The van der Waals surface area contributed by atoms with Crippen molar-refractivity contribution >= 4 is 21.3 Å². The van der Waals surface area contributed by atoms with Crippen LogP contribution in [0.15, 0.2) is 24.3 Å². The van der Waals surface area contributed by atoms with Crippen LogP contribution in [-0.2, 0) is 6.04 Å². The first kappa shape index (κ1) is 12.7. The Morgan fingerprint density at radius 1 is 0.867 bits per heavy atom. The van der Waals surface area contributed by atoms with E-state index in [1.165, 1.54) is 6.04 Å². The van der Waals surface area contributed by atoms with Crippen molar-refractivity contribution in [3.8, 4) is 0 Å². The molecule has 0 unspecified atom stereocenters. The third-order valence-electron chi connectivity index (χ3n) is 2.55. The molecule has 1 aromatic carbocycles. The average Bonchev–Trinajstić information content (AvgIpc) is 1.99. The van der Waals surface area contributed by atoms with Gasteiger partial charge in [-0.1, -0.05) is 74.3 Å². The van der Waals surface area contributed by atoms with Crippen LogP contribution in [0.25, 0.3) is 0 Å². The molecule has 1 aromatic rings. The Bertz CT molecular complexity index is 329. The molecule has 0 spiro atoms. The molecule has 0 fully saturated rings. The van der Waals surface area contributed by atoms with Gasteiger partial charge in [0.2, 0.25) is 0 Å². The summed E-state index contributed by atoms with van der Waals surface area (Å²) >= 11 is 0. The van der Waals surface area contributed by atoms with E-state index in [0.29, 0.717) is 0 Å². The zero-order valence-electron chi connectivity index (χ0n) is 11.0. The molecular weight excluding hydrogens is 212 g/mol. The molecular formula is C13H24Si2. The van der Waals surface area contributed by atoms with Crippen molar-refractivity contribution in [2.45, 2.75) is 45.3 Å². The average molecular weight is 237 g/mol. The third kappa shape index (κ3) is 3.95. The predicted molar refractivity (Wildman–Crippen MR) is 76.5 cm³/mol. The van der Waals surface area contributed by atoms with Crippen LogP contribution in [0.2, 0.25) is 39.3 Å². The van der Waals surface area contributed by atoms with Crippen LogP contribution in [-0.4, -0.2) is 16.1 Å². The second-order valence-electron chi connectivity index (χ2n) is 6.64. The zero-order chi connectivity index (χ0) is 11.7. The van der Waals surface area contributed by atoms with E-state index < -0.39 is 16.1 Å². The van der Waals surface area contributed by atoms with E-state index in [4.69, 9.17) is 0 Å². The van der Waals surface area contributed by atoms with Gasteiger partial charge in [-0.25, -0.2) is 0 Å².